The van der Waals surface area contributed by atoms with E-state index in [0.29, 0.717) is 13.2 Å². The number of hydrogen-bond donors (Lipinski definition) is 1. The van der Waals surface area contributed by atoms with Crippen LogP contribution >= 0.6 is 0 Å². The first-order chi connectivity index (χ1) is 7.69. The molecule has 5 heteroatoms. The summed E-state index contributed by atoms with van der Waals surface area (Å²) in [7, 11) is 1.95. The van der Waals surface area contributed by atoms with Gasteiger partial charge < -0.3 is 15.4 Å². The largest absolute Gasteiger partial charge is 0.380 e. The second-order valence-electron chi connectivity index (χ2n) is 3.60. The molecule has 0 unspecified atom stereocenters. The summed E-state index contributed by atoms with van der Waals surface area (Å²) in [5.74, 6) is 0.717. The Morgan fingerprint density at radius 1 is 1.50 bits per heavy atom. The van der Waals surface area contributed by atoms with E-state index in [-0.39, 0.29) is 0 Å². The monoisotopic (exact) mass is 224 g/mol. The fourth-order valence-corrected chi connectivity index (χ4v) is 1.31. The molecule has 2 N–H and O–H groups in total. The van der Waals surface area contributed by atoms with Gasteiger partial charge in [-0.15, -0.1) is 0 Å². The molecule has 16 heavy (non-hydrogen) atoms. The zero-order chi connectivity index (χ0) is 12.0. The van der Waals surface area contributed by atoms with E-state index < -0.39 is 0 Å². The van der Waals surface area contributed by atoms with E-state index in [4.69, 9.17) is 10.5 Å². The molecule has 0 spiro atoms. The number of anilines is 1. The Labute approximate surface area is 96.6 Å². The van der Waals surface area contributed by atoms with Crippen LogP contribution in [0.1, 0.15) is 18.2 Å². The van der Waals surface area contributed by atoms with Crippen molar-refractivity contribution in [3.05, 3.63) is 17.5 Å². The minimum absolute atomic E-state index is 0.481. The zero-order valence-corrected chi connectivity index (χ0v) is 10.2. The van der Waals surface area contributed by atoms with Crippen LogP contribution in [0.3, 0.4) is 0 Å². The molecule has 0 amide bonds. The number of likely N-dealkylation sites (N-methyl/N-ethyl adjacent to an activating group) is 1. The number of nitrogens with zero attached hydrogens (tertiary/aromatic N) is 3. The molecule has 0 aliphatic heterocycles. The maximum atomic E-state index is 5.56. The van der Waals surface area contributed by atoms with Crippen LogP contribution in [0.5, 0.6) is 0 Å². The van der Waals surface area contributed by atoms with Crippen molar-refractivity contribution >= 4 is 5.95 Å². The minimum Gasteiger partial charge on any atom is -0.380 e. The zero-order valence-electron chi connectivity index (χ0n) is 10.2. The lowest BCUT2D eigenvalue weighted by molar-refractivity contribution is 0.154. The molecule has 0 saturated carbocycles. The first kappa shape index (κ1) is 12.9. The van der Waals surface area contributed by atoms with Gasteiger partial charge in [-0.2, -0.15) is 0 Å². The van der Waals surface area contributed by atoms with Gasteiger partial charge in [0, 0.05) is 44.2 Å². The lowest BCUT2D eigenvalue weighted by atomic mass is 10.2. The lowest BCUT2D eigenvalue weighted by Gasteiger charge is -2.17. The van der Waals surface area contributed by atoms with Gasteiger partial charge in [-0.3, -0.25) is 0 Å². The highest BCUT2D eigenvalue weighted by Gasteiger charge is 2.06. The second-order valence-corrected chi connectivity index (χ2v) is 3.60. The van der Waals surface area contributed by atoms with Crippen molar-refractivity contribution in [1.29, 1.82) is 0 Å². The molecule has 1 heterocycles. The fraction of sp³-hybridized carbons (Fsp3) is 0.636. The van der Waals surface area contributed by atoms with Crippen LogP contribution in [0.2, 0.25) is 0 Å². The number of aromatic nitrogens is 2. The Morgan fingerprint density at radius 2 is 2.25 bits per heavy atom. The van der Waals surface area contributed by atoms with Gasteiger partial charge in [-0.25, -0.2) is 9.97 Å². The molecule has 0 aliphatic rings. The molecule has 0 saturated heterocycles. The van der Waals surface area contributed by atoms with Gasteiger partial charge in [0.2, 0.25) is 5.95 Å². The highest BCUT2D eigenvalue weighted by atomic mass is 16.5. The molecule has 1 aromatic rings. The van der Waals surface area contributed by atoms with E-state index in [1.807, 2.05) is 25.8 Å². The van der Waals surface area contributed by atoms with Gasteiger partial charge in [-0.05, 0) is 13.8 Å². The third-order valence-electron chi connectivity index (χ3n) is 2.40. The summed E-state index contributed by atoms with van der Waals surface area (Å²) in [6.07, 6.45) is 1.79. The number of hydrogen-bond acceptors (Lipinski definition) is 5. The molecule has 90 valence electrons. The highest BCUT2D eigenvalue weighted by Crippen LogP contribution is 2.09. The number of aryl methyl sites for hydroxylation is 1. The number of rotatable bonds is 6. The average Bonchev–Trinajstić information content (AvgIpc) is 2.29. The maximum Gasteiger partial charge on any atom is 0.225 e. The lowest BCUT2D eigenvalue weighted by Crippen LogP contribution is -2.25. The fourth-order valence-electron chi connectivity index (χ4n) is 1.31. The van der Waals surface area contributed by atoms with Crippen LogP contribution in [0.15, 0.2) is 6.20 Å². The van der Waals surface area contributed by atoms with Crippen LogP contribution < -0.4 is 10.6 Å². The third kappa shape index (κ3) is 3.43. The van der Waals surface area contributed by atoms with Gasteiger partial charge in [0.25, 0.3) is 0 Å². The standard InChI is InChI=1S/C11H20N4O/c1-4-16-6-5-15(3)11-13-8-10(7-12)9(2)14-11/h8H,4-7,12H2,1-3H3. The van der Waals surface area contributed by atoms with Crippen molar-refractivity contribution in [3.63, 3.8) is 0 Å². The second kappa shape index (κ2) is 6.40. The van der Waals surface area contributed by atoms with Crippen molar-refractivity contribution in [1.82, 2.24) is 9.97 Å². The van der Waals surface area contributed by atoms with Crippen LogP contribution in [0, 0.1) is 6.92 Å². The predicted molar refractivity (Wildman–Crippen MR) is 64.4 cm³/mol. The maximum absolute atomic E-state index is 5.56. The Hall–Kier alpha value is -1.20. The normalized spacial score (nSPS) is 10.5. The Kier molecular flexibility index (Phi) is 5.14. The third-order valence-corrected chi connectivity index (χ3v) is 2.40. The first-order valence-corrected chi connectivity index (χ1v) is 5.50. The average molecular weight is 224 g/mol. The van der Waals surface area contributed by atoms with Gasteiger partial charge in [-0.1, -0.05) is 0 Å². The molecular formula is C11H20N4O. The molecule has 0 atom stereocenters. The smallest absolute Gasteiger partial charge is 0.225 e. The highest BCUT2D eigenvalue weighted by molar-refractivity contribution is 5.31. The van der Waals surface area contributed by atoms with Gasteiger partial charge in [0.05, 0.1) is 6.61 Å². The van der Waals surface area contributed by atoms with Crippen molar-refractivity contribution in [2.24, 2.45) is 5.73 Å². The SMILES string of the molecule is CCOCCN(C)c1ncc(CN)c(C)n1. The predicted octanol–water partition coefficient (Wildman–Crippen LogP) is 0.716. The van der Waals surface area contributed by atoms with Crippen molar-refractivity contribution in [3.8, 4) is 0 Å². The van der Waals surface area contributed by atoms with Crippen molar-refractivity contribution in [2.45, 2.75) is 20.4 Å². The molecule has 1 rings (SSSR count). The summed E-state index contributed by atoms with van der Waals surface area (Å²) in [6.45, 7) is 6.62. The summed E-state index contributed by atoms with van der Waals surface area (Å²) in [5.41, 5.74) is 7.49. The van der Waals surface area contributed by atoms with Crippen LogP contribution in [-0.2, 0) is 11.3 Å². The number of ether oxygens (including phenoxy) is 1. The molecule has 0 bridgehead atoms. The summed E-state index contributed by atoms with van der Waals surface area (Å²) in [5, 5.41) is 0. The van der Waals surface area contributed by atoms with E-state index in [9.17, 15) is 0 Å². The molecule has 0 radical (unpaired) electrons. The molecule has 0 aromatic carbocycles. The summed E-state index contributed by atoms with van der Waals surface area (Å²) < 4.78 is 5.28. The summed E-state index contributed by atoms with van der Waals surface area (Å²) >= 11 is 0. The van der Waals surface area contributed by atoms with Crippen LogP contribution in [-0.4, -0.2) is 36.8 Å². The topological polar surface area (TPSA) is 64.3 Å². The van der Waals surface area contributed by atoms with Crippen molar-refractivity contribution in [2.75, 3.05) is 31.7 Å². The van der Waals surface area contributed by atoms with E-state index in [1.54, 1.807) is 6.20 Å². The van der Waals surface area contributed by atoms with E-state index in [0.717, 1.165) is 30.4 Å². The van der Waals surface area contributed by atoms with Crippen LogP contribution in [0.4, 0.5) is 5.95 Å². The Balaban J connectivity index is 2.62. The van der Waals surface area contributed by atoms with Gasteiger partial charge in [0.15, 0.2) is 0 Å². The summed E-state index contributed by atoms with van der Waals surface area (Å²) in [6, 6.07) is 0. The summed E-state index contributed by atoms with van der Waals surface area (Å²) in [4.78, 5) is 10.6. The molecule has 1 aromatic heterocycles. The van der Waals surface area contributed by atoms with Gasteiger partial charge in [0.1, 0.15) is 0 Å². The minimum atomic E-state index is 0.481. The number of nitrogens with two attached hydrogens (primary N) is 1. The van der Waals surface area contributed by atoms with Crippen molar-refractivity contribution < 1.29 is 4.74 Å². The molecular weight excluding hydrogens is 204 g/mol. The Morgan fingerprint density at radius 3 is 2.81 bits per heavy atom. The quantitative estimate of drug-likeness (QED) is 0.721. The Bertz CT molecular complexity index is 330. The van der Waals surface area contributed by atoms with E-state index >= 15 is 0 Å². The molecule has 0 fully saturated rings. The van der Waals surface area contributed by atoms with Crippen LogP contribution in [0.25, 0.3) is 0 Å². The first-order valence-electron chi connectivity index (χ1n) is 5.50. The molecule has 0 aliphatic carbocycles. The molecule has 5 nitrogen and oxygen atoms in total. The van der Waals surface area contributed by atoms with E-state index in [1.165, 1.54) is 0 Å². The van der Waals surface area contributed by atoms with E-state index in [2.05, 4.69) is 9.97 Å². The van der Waals surface area contributed by atoms with Gasteiger partial charge >= 0.3 is 0 Å².